The van der Waals surface area contributed by atoms with Crippen LogP contribution in [-0.2, 0) is 0 Å². The van der Waals surface area contributed by atoms with Gasteiger partial charge in [0, 0.05) is 19.6 Å². The average Bonchev–Trinajstić information content (AvgIpc) is 2.98. The normalized spacial score (nSPS) is 15.1. The summed E-state index contributed by atoms with van der Waals surface area (Å²) in [6, 6.07) is 7.92. The number of hydrogen-bond acceptors (Lipinski definition) is 5. The smallest absolute Gasteiger partial charge is 0.229 e. The van der Waals surface area contributed by atoms with Crippen LogP contribution in [0.4, 0.5) is 5.95 Å². The standard InChI is InChI=1S/C14H18N4O/c15-7-10-19-13-11-5-1-2-6-12(11)16-14(17-13)18-8-3-4-9-18/h1-2,5-6H,3-4,7-10,15H2. The molecule has 0 saturated carbocycles. The first kappa shape index (κ1) is 12.2. The number of para-hydroxylation sites is 1. The number of hydrogen-bond donors (Lipinski definition) is 1. The molecule has 1 aromatic carbocycles. The fourth-order valence-electron chi connectivity index (χ4n) is 2.36. The van der Waals surface area contributed by atoms with E-state index in [-0.39, 0.29) is 0 Å². The van der Waals surface area contributed by atoms with E-state index in [4.69, 9.17) is 10.5 Å². The van der Waals surface area contributed by atoms with Gasteiger partial charge in [-0.3, -0.25) is 0 Å². The average molecular weight is 258 g/mol. The molecule has 3 rings (SSSR count). The minimum absolute atomic E-state index is 0.473. The van der Waals surface area contributed by atoms with E-state index in [1.54, 1.807) is 0 Å². The lowest BCUT2D eigenvalue weighted by atomic mass is 10.2. The molecule has 2 aromatic rings. The summed E-state index contributed by atoms with van der Waals surface area (Å²) in [6.07, 6.45) is 2.41. The molecule has 1 aromatic heterocycles. The highest BCUT2D eigenvalue weighted by molar-refractivity contribution is 5.84. The predicted octanol–water partition coefficient (Wildman–Crippen LogP) is 1.57. The van der Waals surface area contributed by atoms with E-state index in [0.29, 0.717) is 19.0 Å². The topological polar surface area (TPSA) is 64.3 Å². The second kappa shape index (κ2) is 5.40. The van der Waals surface area contributed by atoms with Crippen molar-refractivity contribution in [2.75, 3.05) is 31.1 Å². The number of rotatable bonds is 4. The summed E-state index contributed by atoms with van der Waals surface area (Å²) >= 11 is 0. The minimum atomic E-state index is 0.473. The van der Waals surface area contributed by atoms with Crippen molar-refractivity contribution in [3.8, 4) is 5.88 Å². The van der Waals surface area contributed by atoms with Crippen molar-refractivity contribution in [2.24, 2.45) is 5.73 Å². The molecule has 0 amide bonds. The number of aromatic nitrogens is 2. The zero-order valence-corrected chi connectivity index (χ0v) is 10.9. The van der Waals surface area contributed by atoms with Crippen LogP contribution in [0.3, 0.4) is 0 Å². The van der Waals surface area contributed by atoms with Gasteiger partial charge in [-0.25, -0.2) is 4.98 Å². The van der Waals surface area contributed by atoms with E-state index in [2.05, 4.69) is 14.9 Å². The molecule has 0 unspecified atom stereocenters. The highest BCUT2D eigenvalue weighted by Gasteiger charge is 2.17. The summed E-state index contributed by atoms with van der Waals surface area (Å²) in [7, 11) is 0. The quantitative estimate of drug-likeness (QED) is 0.901. The van der Waals surface area contributed by atoms with E-state index in [1.165, 1.54) is 12.8 Å². The molecule has 1 aliphatic heterocycles. The zero-order valence-electron chi connectivity index (χ0n) is 10.9. The lowest BCUT2D eigenvalue weighted by Gasteiger charge is -2.17. The summed E-state index contributed by atoms with van der Waals surface area (Å²) in [5.41, 5.74) is 6.42. The molecule has 1 fully saturated rings. The van der Waals surface area contributed by atoms with Gasteiger partial charge < -0.3 is 15.4 Å². The van der Waals surface area contributed by atoms with Crippen molar-refractivity contribution in [1.29, 1.82) is 0 Å². The van der Waals surface area contributed by atoms with Crippen LogP contribution in [0.25, 0.3) is 10.9 Å². The molecule has 2 N–H and O–H groups in total. The van der Waals surface area contributed by atoms with E-state index >= 15 is 0 Å². The van der Waals surface area contributed by atoms with Crippen LogP contribution in [0.1, 0.15) is 12.8 Å². The Morgan fingerprint density at radius 2 is 1.95 bits per heavy atom. The van der Waals surface area contributed by atoms with E-state index < -0.39 is 0 Å². The minimum Gasteiger partial charge on any atom is -0.476 e. The first-order valence-corrected chi connectivity index (χ1v) is 6.73. The molecule has 100 valence electrons. The molecule has 0 atom stereocenters. The van der Waals surface area contributed by atoms with Gasteiger partial charge in [-0.2, -0.15) is 4.98 Å². The molecule has 0 aliphatic carbocycles. The number of fused-ring (bicyclic) bond motifs is 1. The lowest BCUT2D eigenvalue weighted by Crippen LogP contribution is -2.21. The van der Waals surface area contributed by atoms with Crippen molar-refractivity contribution < 1.29 is 4.74 Å². The highest BCUT2D eigenvalue weighted by atomic mass is 16.5. The molecule has 19 heavy (non-hydrogen) atoms. The zero-order chi connectivity index (χ0) is 13.1. The summed E-state index contributed by atoms with van der Waals surface area (Å²) in [5, 5.41) is 0.943. The Hall–Kier alpha value is -1.88. The van der Waals surface area contributed by atoms with E-state index in [1.807, 2.05) is 24.3 Å². The second-order valence-corrected chi connectivity index (χ2v) is 4.68. The van der Waals surface area contributed by atoms with Crippen LogP contribution in [0, 0.1) is 0 Å². The molecule has 5 nitrogen and oxygen atoms in total. The van der Waals surface area contributed by atoms with Gasteiger partial charge in [0.05, 0.1) is 10.9 Å². The molecule has 0 spiro atoms. The Labute approximate surface area is 112 Å². The van der Waals surface area contributed by atoms with Gasteiger partial charge in [0.1, 0.15) is 6.61 Å². The number of benzene rings is 1. The van der Waals surface area contributed by atoms with E-state index in [0.717, 1.165) is 29.9 Å². The Kier molecular flexibility index (Phi) is 3.46. The molecule has 1 saturated heterocycles. The van der Waals surface area contributed by atoms with Crippen LogP contribution in [0.5, 0.6) is 5.88 Å². The number of nitrogens with zero attached hydrogens (tertiary/aromatic N) is 3. The van der Waals surface area contributed by atoms with E-state index in [9.17, 15) is 0 Å². The Bertz CT molecular complexity index is 566. The summed E-state index contributed by atoms with van der Waals surface area (Å²) < 4.78 is 5.67. The third kappa shape index (κ3) is 2.46. The van der Waals surface area contributed by atoms with Crippen molar-refractivity contribution >= 4 is 16.9 Å². The molecular formula is C14H18N4O. The van der Waals surface area contributed by atoms with Gasteiger partial charge in [0.2, 0.25) is 11.8 Å². The van der Waals surface area contributed by atoms with Crippen LogP contribution >= 0.6 is 0 Å². The highest BCUT2D eigenvalue weighted by Crippen LogP contribution is 2.26. The predicted molar refractivity (Wildman–Crippen MR) is 75.5 cm³/mol. The third-order valence-electron chi connectivity index (χ3n) is 3.30. The summed E-state index contributed by atoms with van der Waals surface area (Å²) in [6.45, 7) is 3.00. The monoisotopic (exact) mass is 258 g/mol. The lowest BCUT2D eigenvalue weighted by molar-refractivity contribution is 0.319. The fraction of sp³-hybridized carbons (Fsp3) is 0.429. The fourth-order valence-corrected chi connectivity index (χ4v) is 2.36. The molecule has 2 heterocycles. The Morgan fingerprint density at radius 3 is 2.74 bits per heavy atom. The van der Waals surface area contributed by atoms with Crippen LogP contribution in [0.15, 0.2) is 24.3 Å². The maximum absolute atomic E-state index is 5.67. The van der Waals surface area contributed by atoms with Crippen molar-refractivity contribution in [2.45, 2.75) is 12.8 Å². The number of anilines is 1. The van der Waals surface area contributed by atoms with Gasteiger partial charge in [0.15, 0.2) is 0 Å². The molecular weight excluding hydrogens is 240 g/mol. The van der Waals surface area contributed by atoms with Crippen molar-refractivity contribution in [1.82, 2.24) is 9.97 Å². The molecule has 5 heteroatoms. The van der Waals surface area contributed by atoms with Gasteiger partial charge in [-0.15, -0.1) is 0 Å². The Balaban J connectivity index is 2.03. The first-order chi connectivity index (χ1) is 9.38. The van der Waals surface area contributed by atoms with Gasteiger partial charge in [0.25, 0.3) is 0 Å². The maximum atomic E-state index is 5.67. The van der Waals surface area contributed by atoms with Crippen molar-refractivity contribution in [3.05, 3.63) is 24.3 Å². The first-order valence-electron chi connectivity index (χ1n) is 6.73. The summed E-state index contributed by atoms with van der Waals surface area (Å²) in [5.74, 6) is 1.40. The van der Waals surface area contributed by atoms with Gasteiger partial charge >= 0.3 is 0 Å². The third-order valence-corrected chi connectivity index (χ3v) is 3.30. The molecule has 0 radical (unpaired) electrons. The second-order valence-electron chi connectivity index (χ2n) is 4.68. The Morgan fingerprint density at radius 1 is 1.16 bits per heavy atom. The van der Waals surface area contributed by atoms with Crippen LogP contribution < -0.4 is 15.4 Å². The number of ether oxygens (including phenoxy) is 1. The van der Waals surface area contributed by atoms with Crippen LogP contribution in [0.2, 0.25) is 0 Å². The van der Waals surface area contributed by atoms with Crippen molar-refractivity contribution in [3.63, 3.8) is 0 Å². The van der Waals surface area contributed by atoms with Gasteiger partial charge in [-0.1, -0.05) is 12.1 Å². The maximum Gasteiger partial charge on any atom is 0.229 e. The molecule has 0 bridgehead atoms. The van der Waals surface area contributed by atoms with Crippen LogP contribution in [-0.4, -0.2) is 36.2 Å². The molecule has 1 aliphatic rings. The largest absolute Gasteiger partial charge is 0.476 e. The number of nitrogens with two attached hydrogens (primary N) is 1. The summed E-state index contributed by atoms with van der Waals surface area (Å²) in [4.78, 5) is 11.4. The SMILES string of the molecule is NCCOc1nc(N2CCCC2)nc2ccccc12. The van der Waals surface area contributed by atoms with Gasteiger partial charge in [-0.05, 0) is 25.0 Å².